The van der Waals surface area contributed by atoms with Gasteiger partial charge in [0.25, 0.3) is 0 Å². The summed E-state index contributed by atoms with van der Waals surface area (Å²) in [5.74, 6) is 0.00276. The Hall–Kier alpha value is -1.66. The number of benzene rings is 1. The molecule has 1 aromatic heterocycles. The SMILES string of the molecule is Cc1ccc(-c2ccncc2)cc1NC(=O)CC1COCCN1.Cl.Cl. The first kappa shape index (κ1) is 21.4. The normalized spacial score (nSPS) is 16.3. The van der Waals surface area contributed by atoms with Crippen molar-refractivity contribution < 1.29 is 9.53 Å². The van der Waals surface area contributed by atoms with Crippen LogP contribution in [0.5, 0.6) is 0 Å². The summed E-state index contributed by atoms with van der Waals surface area (Å²) in [5, 5.41) is 6.31. The van der Waals surface area contributed by atoms with E-state index in [-0.39, 0.29) is 36.8 Å². The van der Waals surface area contributed by atoms with Gasteiger partial charge in [-0.15, -0.1) is 24.8 Å². The summed E-state index contributed by atoms with van der Waals surface area (Å²) in [6.07, 6.45) is 3.95. The number of aryl methyl sites for hydroxylation is 1. The van der Waals surface area contributed by atoms with Crippen molar-refractivity contribution in [1.82, 2.24) is 10.3 Å². The lowest BCUT2D eigenvalue weighted by Gasteiger charge is -2.23. The van der Waals surface area contributed by atoms with Crippen molar-refractivity contribution in [1.29, 1.82) is 0 Å². The van der Waals surface area contributed by atoms with Gasteiger partial charge in [-0.05, 0) is 41.8 Å². The number of pyridine rings is 1. The van der Waals surface area contributed by atoms with Gasteiger partial charge >= 0.3 is 0 Å². The van der Waals surface area contributed by atoms with Crippen molar-refractivity contribution in [2.24, 2.45) is 0 Å². The molecule has 1 atom stereocenters. The Balaban J connectivity index is 0.00000156. The predicted octanol–water partition coefficient (Wildman–Crippen LogP) is 3.22. The second kappa shape index (κ2) is 10.4. The molecule has 5 nitrogen and oxygen atoms in total. The summed E-state index contributed by atoms with van der Waals surface area (Å²) in [5.41, 5.74) is 4.04. The third kappa shape index (κ3) is 5.97. The standard InChI is InChI=1S/C18H21N3O2.2ClH/c1-13-2-3-15(14-4-6-19-7-5-14)10-17(13)21-18(22)11-16-12-23-9-8-20-16;;/h2-7,10,16,20H,8-9,11-12H2,1H3,(H,21,22);2*1H. The Kier molecular flexibility index (Phi) is 8.86. The first-order chi connectivity index (χ1) is 11.2. The van der Waals surface area contributed by atoms with Crippen LogP contribution in [0.15, 0.2) is 42.7 Å². The Morgan fingerprint density at radius 3 is 2.68 bits per heavy atom. The molecule has 136 valence electrons. The van der Waals surface area contributed by atoms with Gasteiger partial charge in [0.1, 0.15) is 0 Å². The highest BCUT2D eigenvalue weighted by Gasteiger charge is 2.17. The number of anilines is 1. The van der Waals surface area contributed by atoms with Crippen LogP contribution in [0.25, 0.3) is 11.1 Å². The van der Waals surface area contributed by atoms with Crippen molar-refractivity contribution in [3.05, 3.63) is 48.3 Å². The van der Waals surface area contributed by atoms with E-state index in [0.717, 1.165) is 28.9 Å². The van der Waals surface area contributed by atoms with Crippen molar-refractivity contribution in [2.75, 3.05) is 25.1 Å². The summed E-state index contributed by atoms with van der Waals surface area (Å²) in [6.45, 7) is 4.09. The minimum Gasteiger partial charge on any atom is -0.378 e. The number of aromatic nitrogens is 1. The van der Waals surface area contributed by atoms with E-state index in [1.165, 1.54) is 0 Å². The Labute approximate surface area is 160 Å². The largest absolute Gasteiger partial charge is 0.378 e. The second-order valence-electron chi connectivity index (χ2n) is 5.74. The van der Waals surface area contributed by atoms with E-state index in [4.69, 9.17) is 4.74 Å². The molecule has 2 N–H and O–H groups in total. The van der Waals surface area contributed by atoms with Crippen molar-refractivity contribution in [3.8, 4) is 11.1 Å². The molecule has 7 heteroatoms. The fourth-order valence-corrected chi connectivity index (χ4v) is 2.66. The summed E-state index contributed by atoms with van der Waals surface area (Å²) >= 11 is 0. The van der Waals surface area contributed by atoms with Gasteiger partial charge in [0, 0.05) is 37.1 Å². The topological polar surface area (TPSA) is 63.2 Å². The highest BCUT2D eigenvalue weighted by Crippen LogP contribution is 2.25. The third-order valence-electron chi connectivity index (χ3n) is 3.96. The van der Waals surface area contributed by atoms with Crippen LogP contribution in [0.1, 0.15) is 12.0 Å². The van der Waals surface area contributed by atoms with Gasteiger partial charge in [0.05, 0.1) is 13.2 Å². The lowest BCUT2D eigenvalue weighted by molar-refractivity contribution is -0.117. The summed E-state index contributed by atoms with van der Waals surface area (Å²) in [4.78, 5) is 16.3. The summed E-state index contributed by atoms with van der Waals surface area (Å²) in [7, 11) is 0. The smallest absolute Gasteiger partial charge is 0.226 e. The molecule has 0 bridgehead atoms. The molecule has 3 rings (SSSR count). The van der Waals surface area contributed by atoms with Crippen LogP contribution in [0.4, 0.5) is 5.69 Å². The molecule has 0 spiro atoms. The molecule has 2 heterocycles. The zero-order valence-corrected chi connectivity index (χ0v) is 15.7. The van der Waals surface area contributed by atoms with E-state index in [1.54, 1.807) is 12.4 Å². The van der Waals surface area contributed by atoms with Crippen LogP contribution in [0, 0.1) is 6.92 Å². The van der Waals surface area contributed by atoms with Crippen LogP contribution >= 0.6 is 24.8 Å². The number of morpholine rings is 1. The molecule has 25 heavy (non-hydrogen) atoms. The first-order valence-corrected chi connectivity index (χ1v) is 7.84. The lowest BCUT2D eigenvalue weighted by Crippen LogP contribution is -2.43. The third-order valence-corrected chi connectivity index (χ3v) is 3.96. The monoisotopic (exact) mass is 383 g/mol. The molecule has 0 radical (unpaired) electrons. The molecule has 2 aromatic rings. The number of hydrogen-bond donors (Lipinski definition) is 2. The molecule has 1 aromatic carbocycles. The zero-order valence-electron chi connectivity index (χ0n) is 14.0. The Bertz CT molecular complexity index is 677. The number of nitrogens with zero attached hydrogens (tertiary/aromatic N) is 1. The van der Waals surface area contributed by atoms with Crippen LogP contribution in [0.3, 0.4) is 0 Å². The average molecular weight is 384 g/mol. The number of nitrogens with one attached hydrogen (secondary N) is 2. The van der Waals surface area contributed by atoms with Crippen LogP contribution in [0.2, 0.25) is 0 Å². The quantitative estimate of drug-likeness (QED) is 0.850. The van der Waals surface area contributed by atoms with E-state index >= 15 is 0 Å². The van der Waals surface area contributed by atoms with E-state index in [0.29, 0.717) is 19.6 Å². The van der Waals surface area contributed by atoms with Crippen LogP contribution in [-0.2, 0) is 9.53 Å². The number of carbonyl (C=O) groups is 1. The Morgan fingerprint density at radius 2 is 2.00 bits per heavy atom. The van der Waals surface area contributed by atoms with E-state index < -0.39 is 0 Å². The van der Waals surface area contributed by atoms with E-state index in [2.05, 4.69) is 21.7 Å². The maximum Gasteiger partial charge on any atom is 0.226 e. The highest BCUT2D eigenvalue weighted by molar-refractivity contribution is 5.92. The van der Waals surface area contributed by atoms with Crippen LogP contribution < -0.4 is 10.6 Å². The Morgan fingerprint density at radius 1 is 1.24 bits per heavy atom. The molecule has 0 saturated carbocycles. The molecule has 1 aliphatic heterocycles. The number of ether oxygens (including phenoxy) is 1. The minimum atomic E-state index is 0. The number of hydrogen-bond acceptors (Lipinski definition) is 4. The zero-order chi connectivity index (χ0) is 16.1. The molecule has 1 amide bonds. The van der Waals surface area contributed by atoms with Crippen molar-refractivity contribution in [3.63, 3.8) is 0 Å². The predicted molar refractivity (Wildman–Crippen MR) is 105 cm³/mol. The average Bonchev–Trinajstić information content (AvgIpc) is 2.58. The van der Waals surface area contributed by atoms with Gasteiger partial charge in [-0.3, -0.25) is 9.78 Å². The fraction of sp³-hybridized carbons (Fsp3) is 0.333. The number of amides is 1. The molecular weight excluding hydrogens is 361 g/mol. The maximum absolute atomic E-state index is 12.3. The van der Waals surface area contributed by atoms with Crippen molar-refractivity contribution >= 4 is 36.4 Å². The van der Waals surface area contributed by atoms with Gasteiger partial charge in [0.2, 0.25) is 5.91 Å². The molecule has 1 aliphatic rings. The van der Waals surface area contributed by atoms with Gasteiger partial charge in [-0.1, -0.05) is 12.1 Å². The van der Waals surface area contributed by atoms with Gasteiger partial charge in [-0.2, -0.15) is 0 Å². The second-order valence-corrected chi connectivity index (χ2v) is 5.74. The lowest BCUT2D eigenvalue weighted by atomic mass is 10.0. The van der Waals surface area contributed by atoms with E-state index in [1.807, 2.05) is 31.2 Å². The molecular formula is C18H23Cl2N3O2. The summed E-state index contributed by atoms with van der Waals surface area (Å²) < 4.78 is 5.39. The van der Waals surface area contributed by atoms with Crippen molar-refractivity contribution in [2.45, 2.75) is 19.4 Å². The highest BCUT2D eigenvalue weighted by atomic mass is 35.5. The van der Waals surface area contributed by atoms with E-state index in [9.17, 15) is 4.79 Å². The van der Waals surface area contributed by atoms with Gasteiger partial charge in [-0.25, -0.2) is 0 Å². The first-order valence-electron chi connectivity index (χ1n) is 7.84. The molecule has 1 saturated heterocycles. The fourth-order valence-electron chi connectivity index (χ4n) is 2.66. The number of halogens is 2. The molecule has 1 unspecified atom stereocenters. The molecule has 0 aliphatic carbocycles. The maximum atomic E-state index is 12.3. The number of rotatable bonds is 4. The number of carbonyl (C=O) groups excluding carboxylic acids is 1. The molecule has 1 fully saturated rings. The van der Waals surface area contributed by atoms with Gasteiger partial charge in [0.15, 0.2) is 0 Å². The van der Waals surface area contributed by atoms with Gasteiger partial charge < -0.3 is 15.4 Å². The van der Waals surface area contributed by atoms with Crippen LogP contribution in [-0.4, -0.2) is 36.7 Å². The summed E-state index contributed by atoms with van der Waals surface area (Å²) in [6, 6.07) is 10.1. The minimum absolute atomic E-state index is 0.